The molecule has 0 saturated carbocycles. The van der Waals surface area contributed by atoms with Gasteiger partial charge in [0.25, 0.3) is 0 Å². The third-order valence-electron chi connectivity index (χ3n) is 2.73. The summed E-state index contributed by atoms with van der Waals surface area (Å²) < 4.78 is 0. The predicted octanol–water partition coefficient (Wildman–Crippen LogP) is 1.10. The van der Waals surface area contributed by atoms with Gasteiger partial charge in [-0.15, -0.1) is 0 Å². The molecular weight excluding hydrogens is 138 g/mol. The van der Waals surface area contributed by atoms with Crippen molar-refractivity contribution >= 4 is 0 Å². The fourth-order valence-corrected chi connectivity index (χ4v) is 1.64. The summed E-state index contributed by atoms with van der Waals surface area (Å²) in [6, 6.07) is 0.333. The Labute approximate surface area is 69.2 Å². The number of rotatable bonds is 2. The van der Waals surface area contributed by atoms with Crippen molar-refractivity contribution in [2.75, 3.05) is 13.1 Å². The maximum absolute atomic E-state index is 9.33. The van der Waals surface area contributed by atoms with Crippen LogP contribution in [0.5, 0.6) is 0 Å². The molecule has 0 bridgehead atoms. The number of aliphatic hydroxyl groups is 1. The van der Waals surface area contributed by atoms with E-state index in [-0.39, 0.29) is 6.10 Å². The van der Waals surface area contributed by atoms with Gasteiger partial charge in [0, 0.05) is 12.6 Å². The molecule has 1 aliphatic heterocycles. The van der Waals surface area contributed by atoms with Gasteiger partial charge >= 0.3 is 0 Å². The van der Waals surface area contributed by atoms with E-state index in [1.165, 1.54) is 6.42 Å². The van der Waals surface area contributed by atoms with Gasteiger partial charge < -0.3 is 5.11 Å². The van der Waals surface area contributed by atoms with E-state index in [0.29, 0.717) is 6.04 Å². The molecule has 1 fully saturated rings. The maximum Gasteiger partial charge on any atom is 0.0664 e. The Kier molecular flexibility index (Phi) is 2.90. The highest BCUT2D eigenvalue weighted by Gasteiger charge is 2.25. The lowest BCUT2D eigenvalue weighted by Gasteiger charge is -2.26. The molecule has 0 amide bonds. The van der Waals surface area contributed by atoms with E-state index >= 15 is 0 Å². The van der Waals surface area contributed by atoms with Crippen LogP contribution in [0.15, 0.2) is 0 Å². The SMILES string of the molecule is CC1CCN(C(C)C(C)O)C1. The summed E-state index contributed by atoms with van der Waals surface area (Å²) in [5.41, 5.74) is 0. The van der Waals surface area contributed by atoms with Crippen molar-refractivity contribution in [1.29, 1.82) is 0 Å². The lowest BCUT2D eigenvalue weighted by atomic mass is 10.1. The number of hydrogen-bond donors (Lipinski definition) is 1. The normalized spacial score (nSPS) is 32.2. The summed E-state index contributed by atoms with van der Waals surface area (Å²) in [6.07, 6.45) is 1.09. The van der Waals surface area contributed by atoms with Gasteiger partial charge in [-0.05, 0) is 32.7 Å². The quantitative estimate of drug-likeness (QED) is 0.649. The highest BCUT2D eigenvalue weighted by Crippen LogP contribution is 2.18. The van der Waals surface area contributed by atoms with Crippen LogP contribution in [0.1, 0.15) is 27.2 Å². The predicted molar refractivity (Wildman–Crippen MR) is 46.5 cm³/mol. The van der Waals surface area contributed by atoms with Crippen molar-refractivity contribution in [1.82, 2.24) is 4.90 Å². The molecule has 66 valence electrons. The number of hydrogen-bond acceptors (Lipinski definition) is 2. The molecule has 11 heavy (non-hydrogen) atoms. The van der Waals surface area contributed by atoms with Crippen molar-refractivity contribution in [3.05, 3.63) is 0 Å². The minimum atomic E-state index is -0.194. The molecule has 0 aliphatic carbocycles. The highest BCUT2D eigenvalue weighted by molar-refractivity contribution is 4.79. The van der Waals surface area contributed by atoms with E-state index in [9.17, 15) is 5.11 Å². The second-order valence-electron chi connectivity index (χ2n) is 3.87. The van der Waals surface area contributed by atoms with E-state index in [1.54, 1.807) is 0 Å². The van der Waals surface area contributed by atoms with Gasteiger partial charge in [-0.25, -0.2) is 0 Å². The van der Waals surface area contributed by atoms with Gasteiger partial charge in [-0.2, -0.15) is 0 Å². The molecular formula is C9H19NO. The first kappa shape index (κ1) is 9.01. The molecule has 0 aromatic rings. The summed E-state index contributed by atoms with van der Waals surface area (Å²) >= 11 is 0. The van der Waals surface area contributed by atoms with Crippen LogP contribution in [0.2, 0.25) is 0 Å². The van der Waals surface area contributed by atoms with Gasteiger partial charge in [-0.3, -0.25) is 4.90 Å². The first-order valence-electron chi connectivity index (χ1n) is 4.53. The average molecular weight is 157 g/mol. The monoisotopic (exact) mass is 157 g/mol. The van der Waals surface area contributed by atoms with Gasteiger partial charge in [0.05, 0.1) is 6.10 Å². The Morgan fingerprint density at radius 2 is 2.09 bits per heavy atom. The average Bonchev–Trinajstić information content (AvgIpc) is 2.34. The number of nitrogens with zero attached hydrogens (tertiary/aromatic N) is 1. The molecule has 2 heteroatoms. The lowest BCUT2D eigenvalue weighted by molar-refractivity contribution is 0.0838. The van der Waals surface area contributed by atoms with Crippen LogP contribution >= 0.6 is 0 Å². The van der Waals surface area contributed by atoms with E-state index < -0.39 is 0 Å². The highest BCUT2D eigenvalue weighted by atomic mass is 16.3. The summed E-state index contributed by atoms with van der Waals surface area (Å²) in [5.74, 6) is 0.816. The van der Waals surface area contributed by atoms with Gasteiger partial charge in [0.15, 0.2) is 0 Å². The van der Waals surface area contributed by atoms with E-state index in [0.717, 1.165) is 19.0 Å². The Morgan fingerprint density at radius 1 is 1.45 bits per heavy atom. The Morgan fingerprint density at radius 3 is 2.45 bits per heavy atom. The maximum atomic E-state index is 9.33. The summed E-state index contributed by atoms with van der Waals surface area (Å²) in [6.45, 7) is 8.56. The molecule has 1 saturated heterocycles. The third kappa shape index (κ3) is 2.17. The second kappa shape index (κ2) is 3.55. The molecule has 3 unspecified atom stereocenters. The van der Waals surface area contributed by atoms with Crippen molar-refractivity contribution in [2.24, 2.45) is 5.92 Å². The van der Waals surface area contributed by atoms with Crippen molar-refractivity contribution < 1.29 is 5.11 Å². The van der Waals surface area contributed by atoms with Crippen molar-refractivity contribution in [3.8, 4) is 0 Å². The van der Waals surface area contributed by atoms with Gasteiger partial charge in [0.1, 0.15) is 0 Å². The van der Waals surface area contributed by atoms with Crippen LogP contribution in [0.4, 0.5) is 0 Å². The molecule has 0 spiro atoms. The van der Waals surface area contributed by atoms with Crippen molar-refractivity contribution in [3.63, 3.8) is 0 Å². The van der Waals surface area contributed by atoms with E-state index in [1.807, 2.05) is 6.92 Å². The third-order valence-corrected chi connectivity index (χ3v) is 2.73. The van der Waals surface area contributed by atoms with Crippen LogP contribution in [0, 0.1) is 5.92 Å². The molecule has 3 atom stereocenters. The second-order valence-corrected chi connectivity index (χ2v) is 3.87. The van der Waals surface area contributed by atoms with Crippen LogP contribution in [0.25, 0.3) is 0 Å². The lowest BCUT2D eigenvalue weighted by Crippen LogP contribution is -2.38. The Bertz CT molecular complexity index is 125. The topological polar surface area (TPSA) is 23.5 Å². The smallest absolute Gasteiger partial charge is 0.0664 e. The zero-order chi connectivity index (χ0) is 8.43. The molecule has 1 N–H and O–H groups in total. The van der Waals surface area contributed by atoms with E-state index in [2.05, 4.69) is 18.7 Å². The number of aliphatic hydroxyl groups excluding tert-OH is 1. The fourth-order valence-electron chi connectivity index (χ4n) is 1.64. The fraction of sp³-hybridized carbons (Fsp3) is 1.00. The first-order chi connectivity index (χ1) is 5.11. The minimum Gasteiger partial charge on any atom is -0.392 e. The molecule has 0 aromatic heterocycles. The van der Waals surface area contributed by atoms with Crippen LogP contribution in [-0.4, -0.2) is 35.2 Å². The summed E-state index contributed by atoms with van der Waals surface area (Å²) in [7, 11) is 0. The standard InChI is InChI=1S/C9H19NO/c1-7-4-5-10(6-7)8(2)9(3)11/h7-9,11H,4-6H2,1-3H3. The molecule has 0 radical (unpaired) electrons. The van der Waals surface area contributed by atoms with Crippen LogP contribution in [-0.2, 0) is 0 Å². The van der Waals surface area contributed by atoms with Gasteiger partial charge in [-0.1, -0.05) is 6.92 Å². The Hall–Kier alpha value is -0.0800. The molecule has 1 heterocycles. The van der Waals surface area contributed by atoms with Crippen LogP contribution in [0.3, 0.4) is 0 Å². The van der Waals surface area contributed by atoms with Gasteiger partial charge in [0.2, 0.25) is 0 Å². The molecule has 2 nitrogen and oxygen atoms in total. The molecule has 1 rings (SSSR count). The first-order valence-corrected chi connectivity index (χ1v) is 4.53. The largest absolute Gasteiger partial charge is 0.392 e. The van der Waals surface area contributed by atoms with Crippen molar-refractivity contribution in [2.45, 2.75) is 39.3 Å². The molecule has 1 aliphatic rings. The van der Waals surface area contributed by atoms with Crippen LogP contribution < -0.4 is 0 Å². The zero-order valence-corrected chi connectivity index (χ0v) is 7.75. The molecule has 0 aromatic carbocycles. The minimum absolute atomic E-state index is 0.194. The summed E-state index contributed by atoms with van der Waals surface area (Å²) in [4.78, 5) is 2.37. The van der Waals surface area contributed by atoms with E-state index in [4.69, 9.17) is 0 Å². The summed E-state index contributed by atoms with van der Waals surface area (Å²) in [5, 5.41) is 9.33. The Balaban J connectivity index is 2.36. The zero-order valence-electron chi connectivity index (χ0n) is 7.75. The number of likely N-dealkylation sites (tertiary alicyclic amines) is 1.